The molecule has 2 heteroatoms. The van der Waals surface area contributed by atoms with Crippen LogP contribution < -0.4 is 4.74 Å². The van der Waals surface area contributed by atoms with Crippen molar-refractivity contribution in [3.8, 4) is 5.75 Å². The summed E-state index contributed by atoms with van der Waals surface area (Å²) in [7, 11) is 1.68. The summed E-state index contributed by atoms with van der Waals surface area (Å²) < 4.78 is 6.33. The molecule has 0 aliphatic carbocycles. The van der Waals surface area contributed by atoms with E-state index in [-0.39, 0.29) is 0 Å². The maximum Gasteiger partial charge on any atom is 0.119 e. The fourth-order valence-electron chi connectivity index (χ4n) is 0.976. The highest BCUT2D eigenvalue weighted by Gasteiger charge is 1.98. The monoisotopic (exact) mass is 274 g/mol. The zero-order valence-electron chi connectivity index (χ0n) is 7.01. The highest BCUT2D eigenvalue weighted by molar-refractivity contribution is 14.1. The maximum absolute atomic E-state index is 5.10. The van der Waals surface area contributed by atoms with E-state index < -0.39 is 0 Å². The molecular weight excluding hydrogens is 263 g/mol. The Morgan fingerprint density at radius 1 is 1.58 bits per heavy atom. The Morgan fingerprint density at radius 2 is 2.33 bits per heavy atom. The number of halogens is 1. The molecule has 0 bridgehead atoms. The van der Waals surface area contributed by atoms with Crippen LogP contribution in [0.4, 0.5) is 0 Å². The van der Waals surface area contributed by atoms with Crippen LogP contribution in [0.3, 0.4) is 0 Å². The minimum absolute atomic E-state index is 0.909. The minimum atomic E-state index is 0.909. The lowest BCUT2D eigenvalue weighted by Gasteiger charge is -2.03. The predicted molar refractivity (Wildman–Crippen MR) is 59.6 cm³/mol. The van der Waals surface area contributed by atoms with Crippen LogP contribution in [0.15, 0.2) is 30.9 Å². The zero-order valence-corrected chi connectivity index (χ0v) is 9.17. The first kappa shape index (κ1) is 9.58. The summed E-state index contributed by atoms with van der Waals surface area (Å²) in [5.41, 5.74) is 1.30. The molecule has 0 heterocycles. The van der Waals surface area contributed by atoms with Crippen molar-refractivity contribution < 1.29 is 4.74 Å². The number of ether oxygens (including phenoxy) is 1. The number of hydrogen-bond donors (Lipinski definition) is 0. The third-order valence-electron chi connectivity index (χ3n) is 1.62. The van der Waals surface area contributed by atoms with E-state index in [4.69, 9.17) is 4.74 Å². The molecule has 1 aromatic rings. The predicted octanol–water partition coefficient (Wildman–Crippen LogP) is 3.03. The van der Waals surface area contributed by atoms with Gasteiger partial charge in [0.25, 0.3) is 0 Å². The standard InChI is InChI=1S/C10H11IO/c1-3-4-8-5-6-9(12-2)7-10(8)11/h3,5-7H,1,4H2,2H3. The van der Waals surface area contributed by atoms with Gasteiger partial charge in [-0.3, -0.25) is 0 Å². The number of allylic oxidation sites excluding steroid dienone is 1. The van der Waals surface area contributed by atoms with Crippen molar-refractivity contribution in [1.82, 2.24) is 0 Å². The van der Waals surface area contributed by atoms with Gasteiger partial charge < -0.3 is 4.74 Å². The maximum atomic E-state index is 5.10. The van der Waals surface area contributed by atoms with Gasteiger partial charge in [0.1, 0.15) is 5.75 Å². The van der Waals surface area contributed by atoms with Gasteiger partial charge in [-0.05, 0) is 46.7 Å². The molecule has 0 saturated heterocycles. The summed E-state index contributed by atoms with van der Waals surface area (Å²) in [6, 6.07) is 6.07. The van der Waals surface area contributed by atoms with Crippen LogP contribution in [0.25, 0.3) is 0 Å². The molecule has 0 unspecified atom stereocenters. The summed E-state index contributed by atoms with van der Waals surface area (Å²) in [5.74, 6) is 0.909. The second kappa shape index (κ2) is 4.50. The van der Waals surface area contributed by atoms with E-state index in [1.165, 1.54) is 9.13 Å². The number of rotatable bonds is 3. The van der Waals surface area contributed by atoms with E-state index in [1.54, 1.807) is 7.11 Å². The molecule has 0 aliphatic heterocycles. The van der Waals surface area contributed by atoms with Crippen LogP contribution in [0, 0.1) is 3.57 Å². The van der Waals surface area contributed by atoms with E-state index >= 15 is 0 Å². The Kier molecular flexibility index (Phi) is 3.59. The fraction of sp³-hybridized carbons (Fsp3) is 0.200. The summed E-state index contributed by atoms with van der Waals surface area (Å²) in [6.45, 7) is 3.71. The molecule has 1 nitrogen and oxygen atoms in total. The SMILES string of the molecule is C=CCc1ccc(OC)cc1I. The van der Waals surface area contributed by atoms with Crippen LogP contribution in [0.5, 0.6) is 5.75 Å². The topological polar surface area (TPSA) is 9.23 Å². The summed E-state index contributed by atoms with van der Waals surface area (Å²) >= 11 is 2.30. The molecular formula is C10H11IO. The summed E-state index contributed by atoms with van der Waals surface area (Å²) in [5, 5.41) is 0. The van der Waals surface area contributed by atoms with Crippen LogP contribution in [0.1, 0.15) is 5.56 Å². The van der Waals surface area contributed by atoms with Gasteiger partial charge in [0, 0.05) is 3.57 Å². The van der Waals surface area contributed by atoms with E-state index in [9.17, 15) is 0 Å². The van der Waals surface area contributed by atoms with Gasteiger partial charge in [0.15, 0.2) is 0 Å². The molecule has 0 saturated carbocycles. The number of methoxy groups -OCH3 is 1. The van der Waals surface area contributed by atoms with Gasteiger partial charge in [-0.25, -0.2) is 0 Å². The zero-order chi connectivity index (χ0) is 8.97. The first-order valence-corrected chi connectivity index (χ1v) is 4.79. The van der Waals surface area contributed by atoms with Crippen molar-refractivity contribution in [2.45, 2.75) is 6.42 Å². The third kappa shape index (κ3) is 2.24. The molecule has 0 atom stereocenters. The van der Waals surface area contributed by atoms with Crippen LogP contribution >= 0.6 is 22.6 Å². The molecule has 0 aliphatic rings. The van der Waals surface area contributed by atoms with E-state index in [2.05, 4.69) is 35.2 Å². The molecule has 0 radical (unpaired) electrons. The Hall–Kier alpha value is -0.510. The second-order valence-corrected chi connectivity index (χ2v) is 3.61. The Morgan fingerprint density at radius 3 is 2.83 bits per heavy atom. The second-order valence-electron chi connectivity index (χ2n) is 2.45. The van der Waals surface area contributed by atoms with Gasteiger partial charge in [0.05, 0.1) is 7.11 Å². The molecule has 1 aromatic carbocycles. The highest BCUT2D eigenvalue weighted by atomic mass is 127. The lowest BCUT2D eigenvalue weighted by Crippen LogP contribution is -1.88. The van der Waals surface area contributed by atoms with E-state index in [1.807, 2.05) is 18.2 Å². The van der Waals surface area contributed by atoms with Crippen molar-refractivity contribution in [1.29, 1.82) is 0 Å². The first-order valence-electron chi connectivity index (χ1n) is 3.71. The molecule has 1 rings (SSSR count). The third-order valence-corrected chi connectivity index (χ3v) is 2.63. The van der Waals surface area contributed by atoms with E-state index in [0.29, 0.717) is 0 Å². The van der Waals surface area contributed by atoms with Gasteiger partial charge in [-0.15, -0.1) is 6.58 Å². The van der Waals surface area contributed by atoms with Crippen LogP contribution in [-0.2, 0) is 6.42 Å². The number of benzene rings is 1. The van der Waals surface area contributed by atoms with Gasteiger partial charge >= 0.3 is 0 Å². The molecule has 0 amide bonds. The molecule has 0 N–H and O–H groups in total. The van der Waals surface area contributed by atoms with E-state index in [0.717, 1.165) is 12.2 Å². The normalized spacial score (nSPS) is 9.50. The molecule has 12 heavy (non-hydrogen) atoms. The van der Waals surface area contributed by atoms with Gasteiger partial charge in [-0.2, -0.15) is 0 Å². The summed E-state index contributed by atoms with van der Waals surface area (Å²) in [4.78, 5) is 0. The molecule has 0 spiro atoms. The highest BCUT2D eigenvalue weighted by Crippen LogP contribution is 2.19. The van der Waals surface area contributed by atoms with Crippen LogP contribution in [0.2, 0.25) is 0 Å². The Labute approximate surface area is 86.6 Å². The summed E-state index contributed by atoms with van der Waals surface area (Å²) in [6.07, 6.45) is 2.83. The van der Waals surface area contributed by atoms with Crippen LogP contribution in [-0.4, -0.2) is 7.11 Å². The first-order chi connectivity index (χ1) is 5.77. The smallest absolute Gasteiger partial charge is 0.119 e. The van der Waals surface area contributed by atoms with Crippen molar-refractivity contribution in [3.63, 3.8) is 0 Å². The lowest BCUT2D eigenvalue weighted by molar-refractivity contribution is 0.414. The quantitative estimate of drug-likeness (QED) is 0.608. The van der Waals surface area contributed by atoms with Gasteiger partial charge in [-0.1, -0.05) is 12.1 Å². The Balaban J connectivity index is 2.94. The van der Waals surface area contributed by atoms with Crippen molar-refractivity contribution in [3.05, 3.63) is 40.0 Å². The fourth-order valence-corrected chi connectivity index (χ4v) is 1.68. The number of hydrogen-bond acceptors (Lipinski definition) is 1. The largest absolute Gasteiger partial charge is 0.497 e. The molecule has 0 fully saturated rings. The van der Waals surface area contributed by atoms with Gasteiger partial charge in [0.2, 0.25) is 0 Å². The Bertz CT molecular complexity index is 281. The molecule has 0 aromatic heterocycles. The van der Waals surface area contributed by atoms with Crippen molar-refractivity contribution in [2.75, 3.05) is 7.11 Å². The average molecular weight is 274 g/mol. The van der Waals surface area contributed by atoms with Crippen molar-refractivity contribution >= 4 is 22.6 Å². The molecule has 64 valence electrons. The lowest BCUT2D eigenvalue weighted by atomic mass is 10.1. The average Bonchev–Trinajstić information content (AvgIpc) is 2.09. The minimum Gasteiger partial charge on any atom is -0.497 e. The van der Waals surface area contributed by atoms with Crippen molar-refractivity contribution in [2.24, 2.45) is 0 Å².